The van der Waals surface area contributed by atoms with Gasteiger partial charge >= 0.3 is 0 Å². The third-order valence-corrected chi connectivity index (χ3v) is 10.3. The molecule has 0 saturated heterocycles. The molecule has 0 spiro atoms. The van der Waals surface area contributed by atoms with Gasteiger partial charge in [-0.25, -0.2) is 0 Å². The smallest absolute Gasteiger partial charge is 0.219 e. The van der Waals surface area contributed by atoms with Crippen molar-refractivity contribution in [2.45, 2.75) is 77.8 Å². The molecule has 366 valence electrons. The highest BCUT2D eigenvalue weighted by Gasteiger charge is 2.15. The number of nitrogens with one attached hydrogen (secondary N) is 1. The van der Waals surface area contributed by atoms with Gasteiger partial charge in [0, 0.05) is 168 Å². The lowest BCUT2D eigenvalue weighted by Crippen LogP contribution is -2.25. The van der Waals surface area contributed by atoms with Gasteiger partial charge in [0.2, 0.25) is 5.91 Å². The molecule has 0 bridgehead atoms. The van der Waals surface area contributed by atoms with Crippen LogP contribution in [0.3, 0.4) is 0 Å². The molecule has 0 aliphatic carbocycles. The fraction of sp³-hybridized carbons (Fsp3) is 0.246. The largest absolute Gasteiger partial charge is 0.494 e. The van der Waals surface area contributed by atoms with E-state index in [1.54, 1.807) is 0 Å². The lowest BCUT2D eigenvalue weighted by molar-refractivity contribution is -0.121. The number of pyridine rings is 4. The lowest BCUT2D eigenvalue weighted by Gasteiger charge is -2.25. The number of terminal acetylenes is 1. The van der Waals surface area contributed by atoms with Gasteiger partial charge < -0.3 is 15.0 Å². The normalized spacial score (nSPS) is 9.15. The molecule has 4 heterocycles. The van der Waals surface area contributed by atoms with Gasteiger partial charge in [-0.3, -0.25) is 34.5 Å². The summed E-state index contributed by atoms with van der Waals surface area (Å²) in [5.74, 6) is 51.5. The fourth-order valence-electron chi connectivity index (χ4n) is 7.02. The molecule has 0 unspecified atom stereocenters. The maximum absolute atomic E-state index is 12.6. The van der Waals surface area contributed by atoms with Crippen LogP contribution in [0.2, 0.25) is 0 Å². The van der Waals surface area contributed by atoms with Gasteiger partial charge in [-0.2, -0.15) is 0 Å². The number of carbonyl (C=O) groups is 1. The van der Waals surface area contributed by atoms with E-state index in [1.165, 1.54) is 0 Å². The number of unbranched alkanes of at least 4 members (excludes halogenated alkanes) is 3. The summed E-state index contributed by atoms with van der Waals surface area (Å²) in [5.41, 5.74) is 6.20. The van der Waals surface area contributed by atoms with Crippen molar-refractivity contribution in [3.63, 3.8) is 0 Å². The van der Waals surface area contributed by atoms with E-state index in [0.29, 0.717) is 58.8 Å². The maximum atomic E-state index is 12.6. The maximum Gasteiger partial charge on any atom is 0.219 e. The Balaban J connectivity index is 1.05. The second-order valence-electron chi connectivity index (χ2n) is 16.3. The molecule has 4 aromatic heterocycles. The van der Waals surface area contributed by atoms with E-state index in [0.717, 1.165) is 78.3 Å². The summed E-state index contributed by atoms with van der Waals surface area (Å²) in [7, 11) is 1.90. The quantitative estimate of drug-likeness (QED) is 0.0396. The Hall–Kier alpha value is -10.0. The molecule has 0 radical (unpaired) electrons. The van der Waals surface area contributed by atoms with Crippen LogP contribution >= 0.6 is 0 Å². The Kier molecular flexibility index (Phi) is 26.8. The van der Waals surface area contributed by atoms with Crippen LogP contribution in [0.5, 0.6) is 5.75 Å². The first-order valence-electron chi connectivity index (χ1n) is 24.3. The first-order valence-corrected chi connectivity index (χ1v) is 24.3. The standard InChI is InChI=1S/C65H54N8O2/c1-3-4-5-6-7-8-9-10-11-12-13-14-15-16-17-18-19-20-21-33-46-71(2)47-34-22-23-40-65(74)70-45-32-35-48-75-64-50-58(52-72(54-60-36-24-28-41-66-60)55-61-37-25-29-42-67-61)49-59(51-64)53-73(56-62-38-26-30-43-68-62)57-63-39-27-31-44-69-63/h1,24-31,36-39,41-44,49-51H,22-23,32,34-35,40,45,47-48,52-57H2,2H3,(H,70,74). The molecule has 10 nitrogen and oxygen atoms in total. The molecule has 1 aromatic carbocycles. The average Bonchev–Trinajstić information content (AvgIpc) is 3.42. The molecular formula is C65H54N8O2. The van der Waals surface area contributed by atoms with Crippen molar-refractivity contribution >= 4 is 5.91 Å². The monoisotopic (exact) mass is 978 g/mol. The van der Waals surface area contributed by atoms with Crippen LogP contribution in [0, 0.1) is 131 Å². The first kappa shape index (κ1) is 55.9. The zero-order valence-electron chi connectivity index (χ0n) is 42.1. The van der Waals surface area contributed by atoms with Gasteiger partial charge in [0.15, 0.2) is 0 Å². The minimum atomic E-state index is 0.0596. The van der Waals surface area contributed by atoms with Crippen molar-refractivity contribution in [2.24, 2.45) is 0 Å². The van der Waals surface area contributed by atoms with Crippen molar-refractivity contribution in [3.05, 3.63) is 150 Å². The number of ether oxygens (including phenoxy) is 1. The molecule has 1 amide bonds. The second kappa shape index (κ2) is 36.0. The average molecular weight is 979 g/mol. The molecule has 5 aromatic rings. The molecule has 0 aliphatic heterocycles. The highest BCUT2D eigenvalue weighted by Crippen LogP contribution is 2.23. The molecular weight excluding hydrogens is 925 g/mol. The van der Waals surface area contributed by atoms with E-state index in [2.05, 4.69) is 202 Å². The summed E-state index contributed by atoms with van der Waals surface area (Å²) >= 11 is 0. The van der Waals surface area contributed by atoms with E-state index >= 15 is 0 Å². The van der Waals surface area contributed by atoms with Crippen LogP contribution in [0.1, 0.15) is 72.4 Å². The van der Waals surface area contributed by atoms with E-state index in [-0.39, 0.29) is 5.91 Å². The van der Waals surface area contributed by atoms with Gasteiger partial charge in [0.25, 0.3) is 0 Å². The molecule has 1 N–H and O–H groups in total. The number of aromatic nitrogens is 4. The van der Waals surface area contributed by atoms with E-state index < -0.39 is 0 Å². The summed E-state index contributed by atoms with van der Waals surface area (Å²) < 4.78 is 6.48. The molecule has 10 heteroatoms. The molecule has 0 fully saturated rings. The molecule has 75 heavy (non-hydrogen) atoms. The fourth-order valence-corrected chi connectivity index (χ4v) is 7.02. The summed E-state index contributed by atoms with van der Waals surface area (Å²) in [6.07, 6.45) is 17.0. The summed E-state index contributed by atoms with van der Waals surface area (Å²) in [4.78, 5) is 37.8. The number of nitrogens with zero attached hydrogens (tertiary/aromatic N) is 7. The summed E-state index contributed by atoms with van der Waals surface area (Å²) in [6, 6.07) is 33.6. The van der Waals surface area contributed by atoms with Crippen LogP contribution in [0.25, 0.3) is 0 Å². The number of carbonyl (C=O) groups excluding carboxylic acids is 1. The highest BCUT2D eigenvalue weighted by atomic mass is 16.5. The Morgan fingerprint density at radius 3 is 1.31 bits per heavy atom. The number of benzene rings is 1. The number of hydrogen-bond acceptors (Lipinski definition) is 9. The van der Waals surface area contributed by atoms with Crippen LogP contribution in [-0.4, -0.2) is 67.3 Å². The predicted octanol–water partition coefficient (Wildman–Crippen LogP) is 7.06. The molecule has 0 atom stereocenters. The predicted molar refractivity (Wildman–Crippen MR) is 295 cm³/mol. The van der Waals surface area contributed by atoms with Gasteiger partial charge in [0.1, 0.15) is 5.75 Å². The van der Waals surface area contributed by atoms with Crippen molar-refractivity contribution < 1.29 is 9.53 Å². The van der Waals surface area contributed by atoms with E-state index in [1.807, 2.05) is 85.3 Å². The van der Waals surface area contributed by atoms with Crippen LogP contribution in [0.4, 0.5) is 0 Å². The zero-order valence-corrected chi connectivity index (χ0v) is 42.1. The third kappa shape index (κ3) is 26.1. The van der Waals surface area contributed by atoms with Crippen molar-refractivity contribution in [1.29, 1.82) is 0 Å². The van der Waals surface area contributed by atoms with Crippen molar-refractivity contribution in [3.8, 4) is 137 Å². The molecule has 0 saturated carbocycles. The Bertz CT molecular complexity index is 3140. The Labute approximate surface area is 444 Å². The van der Waals surface area contributed by atoms with Gasteiger partial charge in [-0.1, -0.05) is 36.8 Å². The van der Waals surface area contributed by atoms with Crippen LogP contribution in [0.15, 0.2) is 116 Å². The SMILES string of the molecule is C#CC#CC#CC#CC#CC#CC#CC#CC#CC#CC#CN(C)CCCCCC(=O)NCCCCOc1cc(CN(Cc2ccccn2)Cc2ccccn2)cc(CN(Cc2ccccn2)Cc2ccccn2)c1. The van der Waals surface area contributed by atoms with E-state index in [9.17, 15) is 4.79 Å². The Morgan fingerprint density at radius 1 is 0.493 bits per heavy atom. The lowest BCUT2D eigenvalue weighted by atomic mass is 10.1. The summed E-state index contributed by atoms with van der Waals surface area (Å²) in [6.45, 7) is 5.84. The molecule has 5 rings (SSSR count). The van der Waals surface area contributed by atoms with Crippen molar-refractivity contribution in [2.75, 3.05) is 26.7 Å². The zero-order chi connectivity index (χ0) is 52.5. The Morgan fingerprint density at radius 2 is 0.907 bits per heavy atom. The van der Waals surface area contributed by atoms with E-state index in [4.69, 9.17) is 11.2 Å². The minimum absolute atomic E-state index is 0.0596. The number of rotatable bonds is 24. The second-order valence-corrected chi connectivity index (χ2v) is 16.3. The van der Waals surface area contributed by atoms with Crippen LogP contribution < -0.4 is 10.1 Å². The minimum Gasteiger partial charge on any atom is -0.494 e. The third-order valence-electron chi connectivity index (χ3n) is 10.3. The van der Waals surface area contributed by atoms with Gasteiger partial charge in [0.05, 0.1) is 29.4 Å². The topological polar surface area (TPSA) is 99.6 Å². The summed E-state index contributed by atoms with van der Waals surface area (Å²) in [5, 5.41) is 3.08. The van der Waals surface area contributed by atoms with Crippen LogP contribution in [-0.2, 0) is 44.1 Å². The number of hydrogen-bond donors (Lipinski definition) is 1. The highest BCUT2D eigenvalue weighted by molar-refractivity contribution is 5.75. The first-order chi connectivity index (χ1) is 37.0. The van der Waals surface area contributed by atoms with Gasteiger partial charge in [-0.05, 0) is 145 Å². The molecule has 0 aliphatic rings. The van der Waals surface area contributed by atoms with Gasteiger partial charge in [-0.15, -0.1) is 6.42 Å². The van der Waals surface area contributed by atoms with Crippen molar-refractivity contribution in [1.82, 2.24) is 40.0 Å². The number of amides is 1.